The molecule has 0 aromatic heterocycles. The molecule has 114 valence electrons. The zero-order valence-corrected chi connectivity index (χ0v) is 13.4. The Morgan fingerprint density at radius 2 is 1.64 bits per heavy atom. The quantitative estimate of drug-likeness (QED) is 0.856. The summed E-state index contributed by atoms with van der Waals surface area (Å²) >= 11 is 4.94. The van der Waals surface area contributed by atoms with E-state index >= 15 is 0 Å². The van der Waals surface area contributed by atoms with Crippen molar-refractivity contribution < 1.29 is 13.7 Å². The minimum absolute atomic E-state index is 0.183. The Morgan fingerprint density at radius 3 is 2.23 bits per heavy atom. The number of ether oxygens (including phenoxy) is 1. The summed E-state index contributed by atoms with van der Waals surface area (Å²) in [6, 6.07) is 17.2. The summed E-state index contributed by atoms with van der Waals surface area (Å²) in [5.41, 5.74) is 0. The molecule has 7 heteroatoms. The fourth-order valence-electron chi connectivity index (χ4n) is 1.62. The minimum atomic E-state index is -2.71. The number of benzene rings is 2. The van der Waals surface area contributed by atoms with Gasteiger partial charge in [0.25, 0.3) is 0 Å². The number of hydrogen-bond acceptors (Lipinski definition) is 4. The van der Waals surface area contributed by atoms with Gasteiger partial charge in [0.05, 0.1) is 9.73 Å². The number of nitrogens with zero attached hydrogens (tertiary/aromatic N) is 1. The second kappa shape index (κ2) is 7.15. The average Bonchev–Trinajstić information content (AvgIpc) is 2.48. The molecule has 0 saturated heterocycles. The SMILES string of the molecule is CS(=O)(=NC(=S)NC(=O)Oc1ccccc1)c1ccccc1. The molecule has 0 aliphatic heterocycles. The molecular weight excluding hydrogens is 320 g/mol. The van der Waals surface area contributed by atoms with Crippen LogP contribution in [0.15, 0.2) is 69.9 Å². The summed E-state index contributed by atoms with van der Waals surface area (Å²) < 4.78 is 21.4. The maximum atomic E-state index is 12.5. The Bertz CT molecular complexity index is 783. The molecular formula is C15H14N2O3S2. The Kier molecular flexibility index (Phi) is 5.24. The molecule has 2 aromatic rings. The number of carbonyl (C=O) groups excluding carboxylic acids is 1. The first-order chi connectivity index (χ1) is 10.5. The van der Waals surface area contributed by atoms with Crippen molar-refractivity contribution >= 4 is 33.2 Å². The van der Waals surface area contributed by atoms with Crippen molar-refractivity contribution in [3.63, 3.8) is 0 Å². The van der Waals surface area contributed by atoms with E-state index in [1.807, 2.05) is 6.07 Å². The van der Waals surface area contributed by atoms with Crippen molar-refractivity contribution in [2.24, 2.45) is 4.36 Å². The highest BCUT2D eigenvalue weighted by molar-refractivity contribution is 7.94. The molecule has 0 radical (unpaired) electrons. The van der Waals surface area contributed by atoms with Crippen LogP contribution in [-0.2, 0) is 9.73 Å². The number of thiocarbonyl (C=S) groups is 1. The molecule has 0 aliphatic carbocycles. The van der Waals surface area contributed by atoms with Crippen molar-refractivity contribution in [3.8, 4) is 5.75 Å². The Balaban J connectivity index is 2.05. The van der Waals surface area contributed by atoms with Crippen molar-refractivity contribution in [2.45, 2.75) is 4.90 Å². The lowest BCUT2D eigenvalue weighted by atomic mass is 10.3. The zero-order chi connectivity index (χ0) is 16.0. The van der Waals surface area contributed by atoms with Gasteiger partial charge in [0.2, 0.25) is 5.11 Å². The van der Waals surface area contributed by atoms with Crippen LogP contribution in [0.1, 0.15) is 0 Å². The fraction of sp³-hybridized carbons (Fsp3) is 0.0667. The number of nitrogens with one attached hydrogen (secondary N) is 1. The number of amides is 1. The molecule has 1 unspecified atom stereocenters. The normalized spacial score (nSPS) is 12.8. The largest absolute Gasteiger partial charge is 0.418 e. The van der Waals surface area contributed by atoms with Crippen molar-refractivity contribution in [1.82, 2.24) is 5.32 Å². The molecule has 5 nitrogen and oxygen atoms in total. The van der Waals surface area contributed by atoms with E-state index < -0.39 is 15.8 Å². The van der Waals surface area contributed by atoms with Gasteiger partial charge in [0, 0.05) is 11.2 Å². The molecule has 0 fully saturated rings. The van der Waals surface area contributed by atoms with Crippen molar-refractivity contribution in [3.05, 3.63) is 60.7 Å². The highest BCUT2D eigenvalue weighted by atomic mass is 32.2. The van der Waals surface area contributed by atoms with Gasteiger partial charge in [0.15, 0.2) is 0 Å². The third kappa shape index (κ3) is 4.64. The predicted molar refractivity (Wildman–Crippen MR) is 89.4 cm³/mol. The predicted octanol–water partition coefficient (Wildman–Crippen LogP) is 3.22. The zero-order valence-electron chi connectivity index (χ0n) is 11.8. The molecule has 0 spiro atoms. The average molecular weight is 334 g/mol. The molecule has 0 heterocycles. The third-order valence-electron chi connectivity index (χ3n) is 2.60. The number of carbonyl (C=O) groups is 1. The summed E-state index contributed by atoms with van der Waals surface area (Å²) in [6.45, 7) is 0. The molecule has 0 bridgehead atoms. The van der Waals surface area contributed by atoms with Gasteiger partial charge in [-0.2, -0.15) is 4.36 Å². The fourth-order valence-corrected chi connectivity index (χ4v) is 3.25. The van der Waals surface area contributed by atoms with Crippen LogP contribution in [0.25, 0.3) is 0 Å². The molecule has 1 atom stereocenters. The number of rotatable bonds is 2. The molecule has 0 aliphatic rings. The highest BCUT2D eigenvalue weighted by Gasteiger charge is 2.10. The Hall–Kier alpha value is -2.25. The van der Waals surface area contributed by atoms with E-state index in [0.717, 1.165) is 0 Å². The molecule has 0 saturated carbocycles. The smallest absolute Gasteiger partial charge is 0.410 e. The van der Waals surface area contributed by atoms with E-state index in [4.69, 9.17) is 17.0 Å². The van der Waals surface area contributed by atoms with Crippen LogP contribution in [0.5, 0.6) is 5.75 Å². The Labute approximate surface area is 134 Å². The van der Waals surface area contributed by atoms with Crippen LogP contribution in [0.2, 0.25) is 0 Å². The van der Waals surface area contributed by atoms with Crippen LogP contribution in [0, 0.1) is 0 Å². The van der Waals surface area contributed by atoms with E-state index in [1.165, 1.54) is 6.26 Å². The van der Waals surface area contributed by atoms with Crippen LogP contribution in [0.4, 0.5) is 4.79 Å². The van der Waals surface area contributed by atoms with Gasteiger partial charge in [0.1, 0.15) is 5.75 Å². The summed E-state index contributed by atoms with van der Waals surface area (Å²) in [5, 5.41) is 2.10. The van der Waals surface area contributed by atoms with Gasteiger partial charge in [-0.25, -0.2) is 9.00 Å². The van der Waals surface area contributed by atoms with Crippen LogP contribution >= 0.6 is 12.2 Å². The van der Waals surface area contributed by atoms with Gasteiger partial charge in [-0.3, -0.25) is 5.32 Å². The van der Waals surface area contributed by atoms with Crippen LogP contribution < -0.4 is 10.1 Å². The van der Waals surface area contributed by atoms with E-state index in [-0.39, 0.29) is 5.11 Å². The lowest BCUT2D eigenvalue weighted by molar-refractivity contribution is 0.206. The van der Waals surface area contributed by atoms with Gasteiger partial charge in [-0.15, -0.1) is 0 Å². The molecule has 2 rings (SSSR count). The molecule has 2 aromatic carbocycles. The van der Waals surface area contributed by atoms with Crippen LogP contribution in [-0.4, -0.2) is 21.7 Å². The van der Waals surface area contributed by atoms with Gasteiger partial charge in [-0.05, 0) is 36.5 Å². The molecule has 1 N–H and O–H groups in total. The van der Waals surface area contributed by atoms with Crippen molar-refractivity contribution in [1.29, 1.82) is 0 Å². The molecule has 1 amide bonds. The number of hydrogen-bond donors (Lipinski definition) is 1. The second-order valence-corrected chi connectivity index (χ2v) is 6.99. The first-order valence-electron chi connectivity index (χ1n) is 6.32. The summed E-state index contributed by atoms with van der Waals surface area (Å²) in [6.07, 6.45) is 0.682. The van der Waals surface area contributed by atoms with Gasteiger partial charge < -0.3 is 4.74 Å². The van der Waals surface area contributed by atoms with E-state index in [0.29, 0.717) is 10.6 Å². The van der Waals surface area contributed by atoms with Gasteiger partial charge >= 0.3 is 6.09 Å². The molecule has 22 heavy (non-hydrogen) atoms. The summed E-state index contributed by atoms with van der Waals surface area (Å²) in [7, 11) is -2.71. The van der Waals surface area contributed by atoms with E-state index in [2.05, 4.69) is 9.68 Å². The highest BCUT2D eigenvalue weighted by Crippen LogP contribution is 2.11. The van der Waals surface area contributed by atoms with Crippen LogP contribution in [0.3, 0.4) is 0 Å². The topological polar surface area (TPSA) is 67.8 Å². The lowest BCUT2D eigenvalue weighted by Crippen LogP contribution is -2.31. The van der Waals surface area contributed by atoms with Crippen molar-refractivity contribution in [2.75, 3.05) is 6.26 Å². The maximum absolute atomic E-state index is 12.5. The number of para-hydroxylation sites is 1. The third-order valence-corrected chi connectivity index (χ3v) is 4.59. The lowest BCUT2D eigenvalue weighted by Gasteiger charge is -2.07. The van der Waals surface area contributed by atoms with Gasteiger partial charge in [-0.1, -0.05) is 36.4 Å². The maximum Gasteiger partial charge on any atom is 0.418 e. The second-order valence-electron chi connectivity index (χ2n) is 4.34. The summed E-state index contributed by atoms with van der Waals surface area (Å²) in [4.78, 5) is 12.2. The minimum Gasteiger partial charge on any atom is -0.410 e. The standard InChI is InChI=1S/C15H14N2O3S2/c1-22(19,13-10-6-3-7-11-13)17-14(21)16-15(18)20-12-8-4-2-5-9-12/h2-11H,1H3,(H,16,18,21). The Morgan fingerprint density at radius 1 is 1.09 bits per heavy atom. The van der Waals surface area contributed by atoms with E-state index in [9.17, 15) is 9.00 Å². The first-order valence-corrected chi connectivity index (χ1v) is 8.65. The monoisotopic (exact) mass is 334 g/mol. The van der Waals surface area contributed by atoms with E-state index in [1.54, 1.807) is 54.6 Å². The first kappa shape index (κ1) is 16.1. The summed E-state index contributed by atoms with van der Waals surface area (Å²) in [5.74, 6) is 0.378.